The molecule has 2 N–H and O–H groups in total. The number of carbonyl (C=O) groups excluding carboxylic acids is 2. The van der Waals surface area contributed by atoms with Gasteiger partial charge in [0, 0.05) is 18.7 Å². The molecule has 0 saturated heterocycles. The molecule has 0 spiro atoms. The third-order valence-corrected chi connectivity index (χ3v) is 2.90. The van der Waals surface area contributed by atoms with Gasteiger partial charge in [-0.05, 0) is 13.8 Å². The van der Waals surface area contributed by atoms with Crippen LogP contribution < -0.4 is 10.5 Å². The lowest BCUT2D eigenvalue weighted by Crippen LogP contribution is -2.15. The van der Waals surface area contributed by atoms with Crippen molar-refractivity contribution in [3.63, 3.8) is 0 Å². The molecule has 9 nitrogen and oxygen atoms in total. The predicted octanol–water partition coefficient (Wildman–Crippen LogP) is 0.806. The number of hydrogen-bond donors (Lipinski definition) is 1. The van der Waals surface area contributed by atoms with E-state index >= 15 is 0 Å². The Morgan fingerprint density at radius 1 is 0.885 bits per heavy atom. The SMILES string of the molecule is CCOC(=O)c1cc(OCCOCCOCCN)cc(C(=O)OCC)n1. The molecule has 0 amide bonds. The summed E-state index contributed by atoms with van der Waals surface area (Å²) < 4.78 is 25.9. The molecule has 0 unspecified atom stereocenters. The van der Waals surface area contributed by atoms with E-state index in [0.29, 0.717) is 38.7 Å². The highest BCUT2D eigenvalue weighted by atomic mass is 16.5. The average Bonchev–Trinajstić information content (AvgIpc) is 2.64. The molecule has 0 aliphatic rings. The van der Waals surface area contributed by atoms with Gasteiger partial charge in [0.2, 0.25) is 0 Å². The fraction of sp³-hybridized carbons (Fsp3) is 0.588. The Balaban J connectivity index is 2.61. The molecule has 0 atom stereocenters. The van der Waals surface area contributed by atoms with Crippen LogP contribution in [0.4, 0.5) is 0 Å². The maximum atomic E-state index is 11.9. The Labute approximate surface area is 152 Å². The topological polar surface area (TPSA) is 119 Å². The number of rotatable bonds is 13. The van der Waals surface area contributed by atoms with Crippen molar-refractivity contribution in [2.24, 2.45) is 5.73 Å². The summed E-state index contributed by atoms with van der Waals surface area (Å²) in [6.45, 7) is 6.12. The summed E-state index contributed by atoms with van der Waals surface area (Å²) in [5, 5.41) is 0. The zero-order chi connectivity index (χ0) is 19.2. The highest BCUT2D eigenvalue weighted by molar-refractivity contribution is 5.92. The fourth-order valence-electron chi connectivity index (χ4n) is 1.83. The van der Waals surface area contributed by atoms with Gasteiger partial charge >= 0.3 is 11.9 Å². The number of nitrogens with two attached hydrogens (primary N) is 1. The number of nitrogens with zero attached hydrogens (tertiary/aromatic N) is 1. The largest absolute Gasteiger partial charge is 0.491 e. The van der Waals surface area contributed by atoms with E-state index in [1.807, 2.05) is 0 Å². The van der Waals surface area contributed by atoms with Crippen molar-refractivity contribution >= 4 is 11.9 Å². The standard InChI is InChI=1S/C17H26N2O7/c1-3-24-16(20)14-11-13(12-15(19-14)17(21)25-4-2)26-10-9-23-8-7-22-6-5-18/h11-12H,3-10,18H2,1-2H3. The maximum Gasteiger partial charge on any atom is 0.357 e. The number of ether oxygens (including phenoxy) is 5. The first-order chi connectivity index (χ1) is 12.6. The number of hydrogen-bond acceptors (Lipinski definition) is 9. The van der Waals surface area contributed by atoms with Crippen LogP contribution in [0.25, 0.3) is 0 Å². The van der Waals surface area contributed by atoms with Gasteiger partial charge in [-0.2, -0.15) is 0 Å². The van der Waals surface area contributed by atoms with Gasteiger partial charge in [0.05, 0.1) is 39.6 Å². The van der Waals surface area contributed by atoms with Gasteiger partial charge in [-0.3, -0.25) is 0 Å². The lowest BCUT2D eigenvalue weighted by atomic mass is 10.2. The highest BCUT2D eigenvalue weighted by Crippen LogP contribution is 2.16. The third-order valence-electron chi connectivity index (χ3n) is 2.90. The Bertz CT molecular complexity index is 530. The molecular weight excluding hydrogens is 344 g/mol. The number of carbonyl (C=O) groups is 2. The van der Waals surface area contributed by atoms with Crippen molar-refractivity contribution in [2.75, 3.05) is 52.8 Å². The minimum Gasteiger partial charge on any atom is -0.491 e. The summed E-state index contributed by atoms with van der Waals surface area (Å²) in [6, 6.07) is 2.82. The van der Waals surface area contributed by atoms with Crippen LogP contribution in [0.15, 0.2) is 12.1 Å². The van der Waals surface area contributed by atoms with Crippen molar-refractivity contribution < 1.29 is 33.3 Å². The minimum absolute atomic E-state index is 0.0245. The van der Waals surface area contributed by atoms with E-state index < -0.39 is 11.9 Å². The van der Waals surface area contributed by atoms with Gasteiger partial charge in [0.25, 0.3) is 0 Å². The van der Waals surface area contributed by atoms with Crippen molar-refractivity contribution in [1.29, 1.82) is 0 Å². The predicted molar refractivity (Wildman–Crippen MR) is 92.3 cm³/mol. The molecule has 0 saturated carbocycles. The normalized spacial score (nSPS) is 10.4. The molecule has 9 heteroatoms. The third kappa shape index (κ3) is 8.24. The molecule has 0 bridgehead atoms. The van der Waals surface area contributed by atoms with E-state index in [-0.39, 0.29) is 31.2 Å². The molecule has 1 heterocycles. The average molecular weight is 370 g/mol. The molecule has 1 aromatic rings. The second-order valence-corrected chi connectivity index (χ2v) is 4.88. The molecule has 0 aliphatic heterocycles. The van der Waals surface area contributed by atoms with Crippen LogP contribution in [0.5, 0.6) is 5.75 Å². The quantitative estimate of drug-likeness (QED) is 0.397. The molecule has 0 fully saturated rings. The Morgan fingerprint density at radius 3 is 1.88 bits per heavy atom. The van der Waals surface area contributed by atoms with Gasteiger partial charge in [-0.1, -0.05) is 0 Å². The summed E-state index contributed by atoms with van der Waals surface area (Å²) in [7, 11) is 0. The number of aromatic nitrogens is 1. The van der Waals surface area contributed by atoms with Crippen LogP contribution in [0.2, 0.25) is 0 Å². The van der Waals surface area contributed by atoms with E-state index in [0.717, 1.165) is 0 Å². The fourth-order valence-corrected chi connectivity index (χ4v) is 1.83. The van der Waals surface area contributed by atoms with Gasteiger partial charge in [-0.25, -0.2) is 14.6 Å². The molecule has 1 rings (SSSR count). The first-order valence-electron chi connectivity index (χ1n) is 8.47. The molecule has 0 aliphatic carbocycles. The zero-order valence-corrected chi connectivity index (χ0v) is 15.2. The Kier molecular flexibility index (Phi) is 10.9. The van der Waals surface area contributed by atoms with Gasteiger partial charge in [0.1, 0.15) is 12.4 Å². The molecule has 0 aromatic carbocycles. The number of pyridine rings is 1. The second kappa shape index (κ2) is 13.0. The Morgan fingerprint density at radius 2 is 1.38 bits per heavy atom. The zero-order valence-electron chi connectivity index (χ0n) is 15.2. The van der Waals surface area contributed by atoms with Crippen LogP contribution in [0.3, 0.4) is 0 Å². The van der Waals surface area contributed by atoms with Crippen LogP contribution in [0.1, 0.15) is 34.8 Å². The van der Waals surface area contributed by atoms with Crippen molar-refractivity contribution in [1.82, 2.24) is 4.98 Å². The monoisotopic (exact) mass is 370 g/mol. The highest BCUT2D eigenvalue weighted by Gasteiger charge is 2.17. The smallest absolute Gasteiger partial charge is 0.357 e. The van der Waals surface area contributed by atoms with Crippen molar-refractivity contribution in [3.05, 3.63) is 23.5 Å². The summed E-state index contributed by atoms with van der Waals surface area (Å²) in [4.78, 5) is 27.8. The molecule has 26 heavy (non-hydrogen) atoms. The van der Waals surface area contributed by atoms with Gasteiger partial charge < -0.3 is 29.4 Å². The van der Waals surface area contributed by atoms with Crippen LogP contribution in [-0.2, 0) is 18.9 Å². The van der Waals surface area contributed by atoms with Gasteiger partial charge in [0.15, 0.2) is 11.4 Å². The minimum atomic E-state index is -0.642. The van der Waals surface area contributed by atoms with Crippen molar-refractivity contribution in [3.8, 4) is 5.75 Å². The summed E-state index contributed by atoms with van der Waals surface area (Å²) in [5.74, 6) is -0.984. The lowest BCUT2D eigenvalue weighted by Gasteiger charge is -2.10. The first-order valence-corrected chi connectivity index (χ1v) is 8.47. The van der Waals surface area contributed by atoms with E-state index in [4.69, 9.17) is 29.4 Å². The summed E-state index contributed by atoms with van der Waals surface area (Å²) >= 11 is 0. The number of esters is 2. The lowest BCUT2D eigenvalue weighted by molar-refractivity contribution is 0.0386. The van der Waals surface area contributed by atoms with E-state index in [9.17, 15) is 9.59 Å². The Hall–Kier alpha value is -2.23. The molecule has 1 aromatic heterocycles. The van der Waals surface area contributed by atoms with Gasteiger partial charge in [-0.15, -0.1) is 0 Å². The van der Waals surface area contributed by atoms with Crippen LogP contribution in [0, 0.1) is 0 Å². The van der Waals surface area contributed by atoms with Crippen LogP contribution in [-0.4, -0.2) is 69.7 Å². The van der Waals surface area contributed by atoms with Crippen LogP contribution >= 0.6 is 0 Å². The first kappa shape index (κ1) is 21.8. The molecule has 146 valence electrons. The molecule has 0 radical (unpaired) electrons. The van der Waals surface area contributed by atoms with Crippen molar-refractivity contribution in [2.45, 2.75) is 13.8 Å². The van der Waals surface area contributed by atoms with E-state index in [1.54, 1.807) is 13.8 Å². The summed E-state index contributed by atoms with van der Waals surface area (Å²) in [6.07, 6.45) is 0. The maximum absolute atomic E-state index is 11.9. The van der Waals surface area contributed by atoms with E-state index in [1.165, 1.54) is 12.1 Å². The van der Waals surface area contributed by atoms with E-state index in [2.05, 4.69) is 4.98 Å². The second-order valence-electron chi connectivity index (χ2n) is 4.88. The molecular formula is C17H26N2O7. The summed E-state index contributed by atoms with van der Waals surface area (Å²) in [5.41, 5.74) is 5.25.